The van der Waals surface area contributed by atoms with Crippen LogP contribution in [0.5, 0.6) is 0 Å². The lowest BCUT2D eigenvalue weighted by Gasteiger charge is -2.21. The van der Waals surface area contributed by atoms with Gasteiger partial charge in [0.1, 0.15) is 34.3 Å². The zero-order valence-corrected chi connectivity index (χ0v) is 12.5. The normalized spacial score (nSPS) is 14.4. The third-order valence-electron chi connectivity index (χ3n) is 3.57. The summed E-state index contributed by atoms with van der Waals surface area (Å²) >= 11 is 0. The van der Waals surface area contributed by atoms with E-state index in [2.05, 4.69) is 5.32 Å². The zero-order chi connectivity index (χ0) is 15.7. The highest BCUT2D eigenvalue weighted by molar-refractivity contribution is 5.77. The Bertz CT molecular complexity index is 788. The third-order valence-corrected chi connectivity index (χ3v) is 3.57. The van der Waals surface area contributed by atoms with Crippen LogP contribution in [0, 0.1) is 12.7 Å². The molecule has 5 heteroatoms. The van der Waals surface area contributed by atoms with Gasteiger partial charge in [-0.15, -0.1) is 0 Å². The molecule has 3 aromatic rings. The van der Waals surface area contributed by atoms with Crippen molar-refractivity contribution in [3.05, 3.63) is 59.5 Å². The van der Waals surface area contributed by atoms with Gasteiger partial charge >= 0.3 is 0 Å². The first-order valence-electron chi connectivity index (χ1n) is 7.12. The van der Waals surface area contributed by atoms with Crippen LogP contribution in [0.4, 0.5) is 4.39 Å². The number of nitrogens with one attached hydrogen (secondary N) is 1. The number of rotatable bonds is 5. The van der Waals surface area contributed by atoms with Crippen molar-refractivity contribution in [1.29, 1.82) is 0 Å². The number of benzene rings is 1. The lowest BCUT2D eigenvalue weighted by Crippen LogP contribution is -2.34. The van der Waals surface area contributed by atoms with Crippen LogP contribution in [0.15, 0.2) is 45.2 Å². The Kier molecular flexibility index (Phi) is 3.76. The Morgan fingerprint density at radius 3 is 2.73 bits per heavy atom. The van der Waals surface area contributed by atoms with Crippen molar-refractivity contribution < 1.29 is 18.3 Å². The fraction of sp³-hybridized carbons (Fsp3) is 0.294. The first-order valence-corrected chi connectivity index (χ1v) is 7.12. The average molecular weight is 303 g/mol. The monoisotopic (exact) mass is 303 g/mol. The van der Waals surface area contributed by atoms with Crippen molar-refractivity contribution in [3.8, 4) is 0 Å². The number of aryl methyl sites for hydroxylation is 1. The Hall–Kier alpha value is -2.11. The van der Waals surface area contributed by atoms with Crippen LogP contribution in [0.3, 0.4) is 0 Å². The summed E-state index contributed by atoms with van der Waals surface area (Å²) in [7, 11) is 0. The first kappa shape index (κ1) is 14.8. The van der Waals surface area contributed by atoms with Crippen molar-refractivity contribution >= 4 is 11.0 Å². The quantitative estimate of drug-likeness (QED) is 0.757. The van der Waals surface area contributed by atoms with E-state index in [1.165, 1.54) is 12.1 Å². The number of halogens is 1. The number of hydrogen-bond acceptors (Lipinski definition) is 4. The Morgan fingerprint density at radius 2 is 2.00 bits per heavy atom. The largest absolute Gasteiger partial charge is 0.463 e. The highest BCUT2D eigenvalue weighted by Crippen LogP contribution is 2.23. The van der Waals surface area contributed by atoms with Crippen molar-refractivity contribution in [3.63, 3.8) is 0 Å². The van der Waals surface area contributed by atoms with Crippen LogP contribution in [-0.2, 0) is 12.1 Å². The highest BCUT2D eigenvalue weighted by Gasteiger charge is 2.26. The lowest BCUT2D eigenvalue weighted by molar-refractivity contribution is 0.0329. The minimum atomic E-state index is -1.10. The Morgan fingerprint density at radius 1 is 1.18 bits per heavy atom. The minimum absolute atomic E-state index is 0.288. The number of furan rings is 2. The summed E-state index contributed by atoms with van der Waals surface area (Å²) in [6.45, 7) is 4.27. The number of aliphatic hydroxyl groups is 1. The van der Waals surface area contributed by atoms with Gasteiger partial charge in [0, 0.05) is 11.9 Å². The zero-order valence-electron chi connectivity index (χ0n) is 12.5. The third kappa shape index (κ3) is 3.05. The molecular weight excluding hydrogens is 285 g/mol. The molecule has 0 aliphatic carbocycles. The highest BCUT2D eigenvalue weighted by atomic mass is 19.1. The maximum absolute atomic E-state index is 13.1. The minimum Gasteiger partial charge on any atom is -0.463 e. The second-order valence-electron chi connectivity index (χ2n) is 5.68. The molecule has 0 amide bonds. The molecule has 2 N–H and O–H groups in total. The van der Waals surface area contributed by atoms with E-state index in [4.69, 9.17) is 8.83 Å². The van der Waals surface area contributed by atoms with E-state index in [9.17, 15) is 9.50 Å². The summed E-state index contributed by atoms with van der Waals surface area (Å²) in [5.74, 6) is 1.68. The SMILES string of the molecule is Cc1ccc(C(C)(O)CNCc2cc3cc(F)ccc3o2)o1. The standard InChI is InChI=1S/C17H18FNO3/c1-11-3-6-16(21-11)17(2,20)10-19-9-14-8-12-7-13(18)4-5-15(12)22-14/h3-8,19-20H,9-10H2,1-2H3. The van der Waals surface area contributed by atoms with Crippen LogP contribution in [-0.4, -0.2) is 11.7 Å². The molecule has 0 aliphatic heterocycles. The summed E-state index contributed by atoms with van der Waals surface area (Å²) in [6, 6.07) is 9.78. The van der Waals surface area contributed by atoms with Crippen LogP contribution in [0.2, 0.25) is 0 Å². The van der Waals surface area contributed by atoms with Crippen molar-refractivity contribution in [2.75, 3.05) is 6.54 Å². The van der Waals surface area contributed by atoms with Crippen LogP contribution in [0.25, 0.3) is 11.0 Å². The maximum Gasteiger partial charge on any atom is 0.136 e. The topological polar surface area (TPSA) is 58.5 Å². The van der Waals surface area contributed by atoms with Gasteiger partial charge in [-0.2, -0.15) is 0 Å². The van der Waals surface area contributed by atoms with Gasteiger partial charge in [-0.25, -0.2) is 4.39 Å². The molecule has 22 heavy (non-hydrogen) atoms. The molecule has 116 valence electrons. The smallest absolute Gasteiger partial charge is 0.136 e. The van der Waals surface area contributed by atoms with Gasteiger partial charge in [-0.3, -0.25) is 0 Å². The van der Waals surface area contributed by atoms with Crippen LogP contribution in [0.1, 0.15) is 24.2 Å². The molecule has 2 heterocycles. The molecule has 1 atom stereocenters. The van der Waals surface area contributed by atoms with Gasteiger partial charge in [-0.05, 0) is 50.2 Å². The molecule has 0 aliphatic rings. The van der Waals surface area contributed by atoms with Crippen LogP contribution >= 0.6 is 0 Å². The molecule has 1 unspecified atom stereocenters. The lowest BCUT2D eigenvalue weighted by atomic mass is 10.0. The average Bonchev–Trinajstić information content (AvgIpc) is 3.04. The van der Waals surface area contributed by atoms with Crippen LogP contribution < -0.4 is 5.32 Å². The molecule has 0 fully saturated rings. The number of fused-ring (bicyclic) bond motifs is 1. The fourth-order valence-corrected chi connectivity index (χ4v) is 2.40. The second-order valence-corrected chi connectivity index (χ2v) is 5.68. The van der Waals surface area contributed by atoms with E-state index in [0.717, 1.165) is 11.1 Å². The van der Waals surface area contributed by atoms with Gasteiger partial charge < -0.3 is 19.3 Å². The fourth-order valence-electron chi connectivity index (χ4n) is 2.40. The number of hydrogen-bond donors (Lipinski definition) is 2. The summed E-state index contributed by atoms with van der Waals surface area (Å²) in [5.41, 5.74) is -0.460. The van der Waals surface area contributed by atoms with E-state index in [0.29, 0.717) is 30.2 Å². The molecule has 0 radical (unpaired) electrons. The van der Waals surface area contributed by atoms with E-state index in [1.807, 2.05) is 13.0 Å². The molecule has 3 rings (SSSR count). The summed E-state index contributed by atoms with van der Waals surface area (Å²) in [5, 5.41) is 14.3. The summed E-state index contributed by atoms with van der Waals surface area (Å²) < 4.78 is 24.2. The summed E-state index contributed by atoms with van der Waals surface area (Å²) in [6.07, 6.45) is 0. The summed E-state index contributed by atoms with van der Waals surface area (Å²) in [4.78, 5) is 0. The predicted molar refractivity (Wildman–Crippen MR) is 80.9 cm³/mol. The predicted octanol–water partition coefficient (Wildman–Crippen LogP) is 3.47. The van der Waals surface area contributed by atoms with Gasteiger partial charge in [0.05, 0.1) is 6.54 Å². The molecule has 0 saturated carbocycles. The molecule has 0 bridgehead atoms. The van der Waals surface area contributed by atoms with Crippen molar-refractivity contribution in [2.24, 2.45) is 0 Å². The molecule has 1 aromatic carbocycles. The Labute approximate surface area is 127 Å². The van der Waals surface area contributed by atoms with E-state index < -0.39 is 5.60 Å². The molecule has 2 aromatic heterocycles. The van der Waals surface area contributed by atoms with Gasteiger partial charge in [0.25, 0.3) is 0 Å². The van der Waals surface area contributed by atoms with Gasteiger partial charge in [-0.1, -0.05) is 0 Å². The van der Waals surface area contributed by atoms with Gasteiger partial charge in [0.2, 0.25) is 0 Å². The van der Waals surface area contributed by atoms with E-state index >= 15 is 0 Å². The van der Waals surface area contributed by atoms with Crippen molar-refractivity contribution in [1.82, 2.24) is 5.32 Å². The molecular formula is C17H18FNO3. The Balaban J connectivity index is 1.64. The molecule has 4 nitrogen and oxygen atoms in total. The second kappa shape index (κ2) is 5.59. The van der Waals surface area contributed by atoms with Crippen molar-refractivity contribution in [2.45, 2.75) is 26.0 Å². The van der Waals surface area contributed by atoms with E-state index in [-0.39, 0.29) is 5.82 Å². The maximum atomic E-state index is 13.1. The first-order chi connectivity index (χ1) is 10.4. The molecule has 0 saturated heterocycles. The van der Waals surface area contributed by atoms with E-state index in [1.54, 1.807) is 25.1 Å². The molecule has 0 spiro atoms. The van der Waals surface area contributed by atoms with Gasteiger partial charge in [0.15, 0.2) is 0 Å².